The van der Waals surface area contributed by atoms with E-state index in [1.807, 2.05) is 0 Å². The van der Waals surface area contributed by atoms with Gasteiger partial charge in [0.15, 0.2) is 5.92 Å². The molecule has 1 aromatic carbocycles. The van der Waals surface area contributed by atoms with E-state index in [0.717, 1.165) is 0 Å². The van der Waals surface area contributed by atoms with Crippen LogP contribution in [0.25, 0.3) is 0 Å². The minimum Gasteiger partial charge on any atom is -0.465 e. The van der Waals surface area contributed by atoms with E-state index in [1.165, 1.54) is 12.1 Å². The van der Waals surface area contributed by atoms with Gasteiger partial charge in [-0.05, 0) is 19.1 Å². The molecule has 0 N–H and O–H groups in total. The van der Waals surface area contributed by atoms with E-state index in [0.29, 0.717) is 4.47 Å². The van der Waals surface area contributed by atoms with Crippen molar-refractivity contribution >= 4 is 21.9 Å². The average Bonchev–Trinajstić information content (AvgIpc) is 2.22. The fourth-order valence-electron chi connectivity index (χ4n) is 1.21. The third-order valence-corrected chi connectivity index (χ3v) is 2.42. The molecule has 0 aliphatic carbocycles. The maximum absolute atomic E-state index is 13.5. The summed E-state index contributed by atoms with van der Waals surface area (Å²) in [7, 11) is 0. The van der Waals surface area contributed by atoms with Crippen molar-refractivity contribution in [3.8, 4) is 6.07 Å². The molecule has 0 radical (unpaired) electrons. The van der Waals surface area contributed by atoms with E-state index in [9.17, 15) is 9.18 Å². The van der Waals surface area contributed by atoms with Gasteiger partial charge in [-0.3, -0.25) is 4.79 Å². The van der Waals surface area contributed by atoms with Crippen molar-refractivity contribution in [2.45, 2.75) is 12.8 Å². The summed E-state index contributed by atoms with van der Waals surface area (Å²) in [5.41, 5.74) is 0.0316. The molecule has 1 rings (SSSR count). The SMILES string of the molecule is CCOC(=O)C(C#N)c1ccc(Br)cc1F. The Hall–Kier alpha value is -1.41. The highest BCUT2D eigenvalue weighted by molar-refractivity contribution is 9.10. The molecule has 0 saturated carbocycles. The number of benzene rings is 1. The van der Waals surface area contributed by atoms with Crippen LogP contribution in [0.15, 0.2) is 22.7 Å². The number of nitrogens with zero attached hydrogens (tertiary/aromatic N) is 1. The second kappa shape index (κ2) is 5.61. The number of ether oxygens (including phenoxy) is 1. The van der Waals surface area contributed by atoms with Crippen LogP contribution in [-0.2, 0) is 9.53 Å². The van der Waals surface area contributed by atoms with Crippen LogP contribution in [0.5, 0.6) is 0 Å². The molecular weight excluding hydrogens is 277 g/mol. The molecule has 0 aromatic heterocycles. The van der Waals surface area contributed by atoms with Crippen molar-refractivity contribution in [2.24, 2.45) is 0 Å². The smallest absolute Gasteiger partial charge is 0.328 e. The maximum atomic E-state index is 13.5. The number of rotatable bonds is 3. The Morgan fingerprint density at radius 1 is 1.69 bits per heavy atom. The van der Waals surface area contributed by atoms with E-state index >= 15 is 0 Å². The van der Waals surface area contributed by atoms with Gasteiger partial charge in [-0.1, -0.05) is 22.0 Å². The number of carbonyl (C=O) groups is 1. The molecule has 1 unspecified atom stereocenters. The van der Waals surface area contributed by atoms with Crippen LogP contribution in [-0.4, -0.2) is 12.6 Å². The second-order valence-electron chi connectivity index (χ2n) is 2.98. The first-order valence-electron chi connectivity index (χ1n) is 4.61. The van der Waals surface area contributed by atoms with Crippen LogP contribution in [0.4, 0.5) is 4.39 Å². The molecule has 0 fully saturated rings. The highest BCUT2D eigenvalue weighted by Gasteiger charge is 2.24. The summed E-state index contributed by atoms with van der Waals surface area (Å²) < 4.78 is 18.7. The molecule has 3 nitrogen and oxygen atoms in total. The molecule has 16 heavy (non-hydrogen) atoms. The third kappa shape index (κ3) is 2.80. The lowest BCUT2D eigenvalue weighted by molar-refractivity contribution is -0.143. The van der Waals surface area contributed by atoms with Crippen LogP contribution < -0.4 is 0 Å². The van der Waals surface area contributed by atoms with Gasteiger partial charge in [0.05, 0.1) is 12.7 Å². The fourth-order valence-corrected chi connectivity index (χ4v) is 1.54. The molecule has 5 heteroatoms. The number of hydrogen-bond acceptors (Lipinski definition) is 3. The van der Waals surface area contributed by atoms with Crippen molar-refractivity contribution in [3.63, 3.8) is 0 Å². The van der Waals surface area contributed by atoms with Gasteiger partial charge in [-0.25, -0.2) is 4.39 Å². The zero-order chi connectivity index (χ0) is 12.1. The van der Waals surface area contributed by atoms with Crippen LogP contribution in [0.1, 0.15) is 18.4 Å². The van der Waals surface area contributed by atoms with Crippen LogP contribution in [0, 0.1) is 17.1 Å². The van der Waals surface area contributed by atoms with Gasteiger partial charge in [0, 0.05) is 10.0 Å². The highest BCUT2D eigenvalue weighted by Crippen LogP contribution is 2.23. The number of nitriles is 1. The number of halogens is 2. The average molecular weight is 286 g/mol. The molecule has 0 bridgehead atoms. The van der Waals surface area contributed by atoms with Gasteiger partial charge >= 0.3 is 5.97 Å². The summed E-state index contributed by atoms with van der Waals surface area (Å²) in [6, 6.07) is 5.91. The predicted octanol–water partition coefficient (Wildman–Crippen LogP) is 2.76. The monoisotopic (exact) mass is 285 g/mol. The van der Waals surface area contributed by atoms with Gasteiger partial charge in [0.25, 0.3) is 0 Å². The Bertz CT molecular complexity index is 442. The highest BCUT2D eigenvalue weighted by atomic mass is 79.9. The van der Waals surface area contributed by atoms with Gasteiger partial charge in [0.2, 0.25) is 0 Å². The Morgan fingerprint density at radius 2 is 2.38 bits per heavy atom. The van der Waals surface area contributed by atoms with E-state index in [4.69, 9.17) is 10.00 Å². The van der Waals surface area contributed by atoms with E-state index in [1.54, 1.807) is 19.1 Å². The van der Waals surface area contributed by atoms with Crippen molar-refractivity contribution in [2.75, 3.05) is 6.61 Å². The summed E-state index contributed by atoms with van der Waals surface area (Å²) in [5, 5.41) is 8.84. The largest absolute Gasteiger partial charge is 0.465 e. The minimum absolute atomic E-state index is 0.0316. The lowest BCUT2D eigenvalue weighted by Crippen LogP contribution is -2.15. The second-order valence-corrected chi connectivity index (χ2v) is 3.90. The van der Waals surface area contributed by atoms with Crippen molar-refractivity contribution in [1.82, 2.24) is 0 Å². The van der Waals surface area contributed by atoms with Crippen molar-refractivity contribution < 1.29 is 13.9 Å². The third-order valence-electron chi connectivity index (χ3n) is 1.92. The molecule has 0 aliphatic heterocycles. The Balaban J connectivity index is 3.05. The number of carbonyl (C=O) groups excluding carboxylic acids is 1. The lowest BCUT2D eigenvalue weighted by Gasteiger charge is -2.09. The zero-order valence-electron chi connectivity index (χ0n) is 8.54. The Labute approximate surface area is 101 Å². The molecule has 1 aromatic rings. The fraction of sp³-hybridized carbons (Fsp3) is 0.273. The van der Waals surface area contributed by atoms with Crippen LogP contribution >= 0.6 is 15.9 Å². The molecular formula is C11H9BrFNO2. The Kier molecular flexibility index (Phi) is 4.44. The molecule has 0 aliphatic rings. The van der Waals surface area contributed by atoms with E-state index in [2.05, 4.69) is 15.9 Å². The summed E-state index contributed by atoms with van der Waals surface area (Å²) in [5.74, 6) is -2.55. The molecule has 84 valence electrons. The normalized spacial score (nSPS) is 11.6. The molecule has 0 heterocycles. The molecule has 0 spiro atoms. The zero-order valence-corrected chi connectivity index (χ0v) is 10.1. The number of esters is 1. The lowest BCUT2D eigenvalue weighted by atomic mass is 10.0. The van der Waals surface area contributed by atoms with Gasteiger partial charge in [0.1, 0.15) is 5.82 Å². The minimum atomic E-state index is -1.21. The quantitative estimate of drug-likeness (QED) is 0.803. The summed E-state index contributed by atoms with van der Waals surface area (Å²) in [4.78, 5) is 11.4. The molecule has 1 atom stereocenters. The molecule has 0 saturated heterocycles. The first-order chi connectivity index (χ1) is 7.60. The topological polar surface area (TPSA) is 50.1 Å². The summed E-state index contributed by atoms with van der Waals surface area (Å²) >= 11 is 3.10. The Morgan fingerprint density at radius 3 is 2.88 bits per heavy atom. The predicted molar refractivity (Wildman–Crippen MR) is 59.1 cm³/mol. The first kappa shape index (κ1) is 12.7. The van der Waals surface area contributed by atoms with Gasteiger partial charge in [-0.15, -0.1) is 0 Å². The van der Waals surface area contributed by atoms with Crippen molar-refractivity contribution in [1.29, 1.82) is 5.26 Å². The first-order valence-corrected chi connectivity index (χ1v) is 5.40. The summed E-state index contributed by atoms with van der Waals surface area (Å²) in [6.45, 7) is 1.79. The van der Waals surface area contributed by atoms with Crippen molar-refractivity contribution in [3.05, 3.63) is 34.1 Å². The van der Waals surface area contributed by atoms with Gasteiger partial charge < -0.3 is 4.74 Å². The van der Waals surface area contributed by atoms with Crippen LogP contribution in [0.2, 0.25) is 0 Å². The van der Waals surface area contributed by atoms with E-state index < -0.39 is 17.7 Å². The standard InChI is InChI=1S/C11H9BrFNO2/c1-2-16-11(15)9(6-14)8-4-3-7(12)5-10(8)13/h3-5,9H,2H2,1H3. The van der Waals surface area contributed by atoms with Gasteiger partial charge in [-0.2, -0.15) is 5.26 Å². The van der Waals surface area contributed by atoms with Crippen LogP contribution in [0.3, 0.4) is 0 Å². The molecule has 0 amide bonds. The summed E-state index contributed by atoms with van der Waals surface area (Å²) in [6.07, 6.45) is 0. The number of hydrogen-bond donors (Lipinski definition) is 0. The maximum Gasteiger partial charge on any atom is 0.328 e. The van der Waals surface area contributed by atoms with E-state index in [-0.39, 0.29) is 12.2 Å².